The first-order valence-corrected chi connectivity index (χ1v) is 16.2. The van der Waals surface area contributed by atoms with Gasteiger partial charge in [-0.1, -0.05) is 84.9 Å². The third-order valence-electron chi connectivity index (χ3n) is 8.49. The number of nitrogens with zero attached hydrogens (tertiary/aromatic N) is 7. The summed E-state index contributed by atoms with van der Waals surface area (Å²) in [7, 11) is 0. The van der Waals surface area contributed by atoms with Gasteiger partial charge in [0.15, 0.2) is 17.5 Å². The molecule has 8 rings (SSSR count). The predicted octanol–water partition coefficient (Wildman–Crippen LogP) is 9.03. The van der Waals surface area contributed by atoms with Gasteiger partial charge in [-0.15, -0.1) is 0 Å². The van der Waals surface area contributed by atoms with Crippen molar-refractivity contribution >= 4 is 5.71 Å². The van der Waals surface area contributed by atoms with E-state index in [1.807, 2.05) is 97.3 Å². The average Bonchev–Trinajstić information content (AvgIpc) is 3.19. The van der Waals surface area contributed by atoms with E-state index < -0.39 is 0 Å². The second-order valence-corrected chi connectivity index (χ2v) is 11.7. The lowest BCUT2D eigenvalue weighted by Crippen LogP contribution is -2.07. The Morgan fingerprint density at radius 2 is 0.875 bits per heavy atom. The normalized spacial score (nSPS) is 12.8. The van der Waals surface area contributed by atoms with Gasteiger partial charge in [-0.2, -0.15) is 0 Å². The molecule has 7 nitrogen and oxygen atoms in total. The number of hydrogen-bond acceptors (Lipinski definition) is 7. The van der Waals surface area contributed by atoms with Crippen LogP contribution >= 0.6 is 0 Å². The molecule has 5 heterocycles. The molecule has 0 atom stereocenters. The van der Waals surface area contributed by atoms with E-state index in [-0.39, 0.29) is 0 Å². The highest BCUT2D eigenvalue weighted by Crippen LogP contribution is 2.29. The lowest BCUT2D eigenvalue weighted by Gasteiger charge is -2.12. The van der Waals surface area contributed by atoms with Crippen molar-refractivity contribution in [3.05, 3.63) is 145 Å². The summed E-state index contributed by atoms with van der Waals surface area (Å²) in [5, 5.41) is 0. The van der Waals surface area contributed by atoms with Gasteiger partial charge in [-0.05, 0) is 55.7 Å². The Morgan fingerprint density at radius 3 is 1.38 bits per heavy atom. The highest BCUT2D eigenvalue weighted by atomic mass is 15.0. The maximum atomic E-state index is 4.94. The van der Waals surface area contributed by atoms with Gasteiger partial charge in [-0.3, -0.25) is 19.9 Å². The fourth-order valence-electron chi connectivity index (χ4n) is 5.85. The second kappa shape index (κ2) is 13.3. The van der Waals surface area contributed by atoms with Crippen molar-refractivity contribution < 1.29 is 0 Å². The minimum Gasteiger partial charge on any atom is -0.289 e. The topological polar surface area (TPSA) is 89.7 Å². The molecular formula is C41H31N7. The molecule has 0 saturated carbocycles. The molecule has 48 heavy (non-hydrogen) atoms. The van der Waals surface area contributed by atoms with E-state index >= 15 is 0 Å². The van der Waals surface area contributed by atoms with Crippen LogP contribution in [0.2, 0.25) is 0 Å². The number of aromatic nitrogens is 6. The van der Waals surface area contributed by atoms with Crippen LogP contribution in [0.5, 0.6) is 0 Å². The van der Waals surface area contributed by atoms with E-state index in [9.17, 15) is 0 Å². The monoisotopic (exact) mass is 621 g/mol. The molecule has 4 aromatic heterocycles. The lowest BCUT2D eigenvalue weighted by atomic mass is 10.0. The standard InChI is InChI=1S/C41H31N7/c1-2-8-30(9-3-1)39-46-40(31-16-12-28(13-17-31)37-22-20-33(26-44-37)35-10-4-6-24-42-35)48-41(47-39)32-18-14-29(15-19-32)38-23-21-34(27-45-38)36-11-5-7-25-43-36/h1-4,6,8-10,12-24,26-27H,5,7,11,25H2. The molecule has 0 unspecified atom stereocenters. The van der Waals surface area contributed by atoms with Gasteiger partial charge >= 0.3 is 0 Å². The molecule has 1 aliphatic heterocycles. The van der Waals surface area contributed by atoms with Crippen molar-refractivity contribution in [2.24, 2.45) is 4.99 Å². The molecule has 0 bridgehead atoms. The van der Waals surface area contributed by atoms with Gasteiger partial charge in [0.05, 0.1) is 17.1 Å². The van der Waals surface area contributed by atoms with Gasteiger partial charge in [-0.25, -0.2) is 15.0 Å². The summed E-state index contributed by atoms with van der Waals surface area (Å²) in [6, 6.07) is 40.6. The van der Waals surface area contributed by atoms with E-state index in [2.05, 4.69) is 46.4 Å². The maximum absolute atomic E-state index is 4.94. The SMILES string of the molecule is c1ccc(-c2nc(-c3ccc(-c4ccc(C5=NCCCC5)cn4)cc3)nc(-c3ccc(-c4ccc(-c5ccccn5)cn4)cc3)n2)cc1. The third-order valence-corrected chi connectivity index (χ3v) is 8.49. The van der Waals surface area contributed by atoms with Crippen molar-refractivity contribution in [3.8, 4) is 67.9 Å². The van der Waals surface area contributed by atoms with Gasteiger partial charge in [0, 0.05) is 69.8 Å². The summed E-state index contributed by atoms with van der Waals surface area (Å²) >= 11 is 0. The molecule has 0 radical (unpaired) electrons. The minimum absolute atomic E-state index is 0.607. The van der Waals surface area contributed by atoms with Crippen LogP contribution in [0.15, 0.2) is 145 Å². The summed E-state index contributed by atoms with van der Waals surface area (Å²) in [6.07, 6.45) is 8.98. The van der Waals surface area contributed by atoms with Gasteiger partial charge in [0.2, 0.25) is 0 Å². The summed E-state index contributed by atoms with van der Waals surface area (Å²) in [5.41, 5.74) is 10.7. The summed E-state index contributed by atoms with van der Waals surface area (Å²) in [5.74, 6) is 1.84. The highest BCUT2D eigenvalue weighted by molar-refractivity contribution is 6.00. The quantitative estimate of drug-likeness (QED) is 0.176. The van der Waals surface area contributed by atoms with Crippen LogP contribution in [0.25, 0.3) is 67.9 Å². The lowest BCUT2D eigenvalue weighted by molar-refractivity contribution is 0.738. The summed E-state index contributed by atoms with van der Waals surface area (Å²) in [4.78, 5) is 33.3. The number of hydrogen-bond donors (Lipinski definition) is 0. The number of pyridine rings is 3. The predicted molar refractivity (Wildman–Crippen MR) is 191 cm³/mol. The van der Waals surface area contributed by atoms with Crippen LogP contribution < -0.4 is 0 Å². The number of benzene rings is 3. The van der Waals surface area contributed by atoms with Crippen molar-refractivity contribution in [1.82, 2.24) is 29.9 Å². The van der Waals surface area contributed by atoms with Crippen LogP contribution in [0.3, 0.4) is 0 Å². The Kier molecular flexibility index (Phi) is 8.07. The Morgan fingerprint density at radius 1 is 0.375 bits per heavy atom. The molecule has 0 saturated heterocycles. The van der Waals surface area contributed by atoms with Crippen molar-refractivity contribution in [3.63, 3.8) is 0 Å². The Hall–Kier alpha value is -6.21. The molecule has 0 spiro atoms. The first kappa shape index (κ1) is 29.2. The summed E-state index contributed by atoms with van der Waals surface area (Å²) in [6.45, 7) is 0.911. The molecule has 7 heteroatoms. The zero-order valence-corrected chi connectivity index (χ0v) is 26.2. The number of rotatable bonds is 7. The smallest absolute Gasteiger partial charge is 0.164 e. The van der Waals surface area contributed by atoms with E-state index in [1.165, 1.54) is 12.8 Å². The fourth-order valence-corrected chi connectivity index (χ4v) is 5.85. The van der Waals surface area contributed by atoms with E-state index in [4.69, 9.17) is 24.9 Å². The van der Waals surface area contributed by atoms with E-state index in [0.717, 1.165) is 74.7 Å². The molecule has 0 N–H and O–H groups in total. The summed E-state index contributed by atoms with van der Waals surface area (Å²) < 4.78 is 0. The molecule has 7 aromatic rings. The largest absolute Gasteiger partial charge is 0.289 e. The highest BCUT2D eigenvalue weighted by Gasteiger charge is 2.14. The van der Waals surface area contributed by atoms with Crippen molar-refractivity contribution in [2.45, 2.75) is 19.3 Å². The molecule has 0 fully saturated rings. The van der Waals surface area contributed by atoms with Gasteiger partial charge in [0.1, 0.15) is 0 Å². The van der Waals surface area contributed by atoms with Crippen molar-refractivity contribution in [2.75, 3.05) is 6.54 Å². The molecular weight excluding hydrogens is 591 g/mol. The van der Waals surface area contributed by atoms with Crippen LogP contribution in [-0.2, 0) is 0 Å². The molecule has 1 aliphatic rings. The molecule has 230 valence electrons. The van der Waals surface area contributed by atoms with E-state index in [1.54, 1.807) is 6.20 Å². The number of aliphatic imine (C=N–C) groups is 1. The molecule has 0 amide bonds. The van der Waals surface area contributed by atoms with Gasteiger partial charge < -0.3 is 0 Å². The molecule has 0 aliphatic carbocycles. The van der Waals surface area contributed by atoms with Crippen LogP contribution in [0.1, 0.15) is 24.8 Å². The zero-order valence-electron chi connectivity index (χ0n) is 26.2. The Labute approximate surface area is 279 Å². The fraction of sp³-hybridized carbons (Fsp3) is 0.0976. The van der Waals surface area contributed by atoms with E-state index in [0.29, 0.717) is 17.5 Å². The average molecular weight is 622 g/mol. The first-order valence-electron chi connectivity index (χ1n) is 16.2. The molecule has 3 aromatic carbocycles. The van der Waals surface area contributed by atoms with Crippen LogP contribution in [0.4, 0.5) is 0 Å². The third kappa shape index (κ3) is 6.26. The second-order valence-electron chi connectivity index (χ2n) is 11.7. The maximum Gasteiger partial charge on any atom is 0.164 e. The first-order chi connectivity index (χ1) is 23.8. The van der Waals surface area contributed by atoms with Crippen LogP contribution in [0, 0.1) is 0 Å². The Balaban J connectivity index is 1.08. The Bertz CT molecular complexity index is 2180. The minimum atomic E-state index is 0.607. The zero-order chi connectivity index (χ0) is 32.1. The van der Waals surface area contributed by atoms with Crippen LogP contribution in [-0.4, -0.2) is 42.2 Å². The van der Waals surface area contributed by atoms with Crippen molar-refractivity contribution in [1.29, 1.82) is 0 Å². The van der Waals surface area contributed by atoms with Gasteiger partial charge in [0.25, 0.3) is 0 Å².